The summed E-state index contributed by atoms with van der Waals surface area (Å²) >= 11 is 0. The maximum atomic E-state index is 11.2. The Hall–Kier alpha value is -0.730. The summed E-state index contributed by atoms with van der Waals surface area (Å²) in [7, 11) is 0. The zero-order valence-corrected chi connectivity index (χ0v) is 10.9. The van der Waals surface area contributed by atoms with E-state index in [1.807, 2.05) is 20.8 Å². The Morgan fingerprint density at radius 2 is 1.73 bits per heavy atom. The van der Waals surface area contributed by atoms with E-state index in [0.717, 1.165) is 12.8 Å². The molecule has 0 aromatic rings. The van der Waals surface area contributed by atoms with Crippen LogP contribution in [-0.2, 0) is 4.74 Å². The molecule has 0 heterocycles. The molecule has 0 rings (SSSR count). The van der Waals surface area contributed by atoms with Crippen LogP contribution < -0.4 is 5.32 Å². The lowest BCUT2D eigenvalue weighted by Gasteiger charge is -2.21. The summed E-state index contributed by atoms with van der Waals surface area (Å²) in [5, 5.41) is 2.75. The number of amides is 1. The van der Waals surface area contributed by atoms with Gasteiger partial charge in [0.15, 0.2) is 0 Å². The second-order valence-corrected chi connectivity index (χ2v) is 6.09. The first-order valence-electron chi connectivity index (χ1n) is 5.57. The minimum atomic E-state index is -0.409. The van der Waals surface area contributed by atoms with Crippen molar-refractivity contribution in [2.45, 2.75) is 60.0 Å². The average molecular weight is 217 g/mol. The molecule has 0 radical (unpaired) electrons. The van der Waals surface area contributed by atoms with Crippen molar-refractivity contribution in [3.8, 4) is 0 Å². The second kappa shape index (κ2) is 5.38. The first kappa shape index (κ1) is 14.3. The quantitative estimate of drug-likeness (QED) is 0.734. The maximum absolute atomic E-state index is 11.2. The Bertz CT molecular complexity index is 204. The van der Waals surface area contributed by atoms with Gasteiger partial charge in [-0.1, -0.05) is 20.8 Å². The normalized spacial score (nSPS) is 12.4. The molecule has 92 valence electrons. The van der Waals surface area contributed by atoms with Gasteiger partial charge in [0.25, 0.3) is 0 Å². The first-order valence-corrected chi connectivity index (χ1v) is 5.57. The third-order valence-electron chi connectivity index (χ3n) is 1.77. The molecule has 0 aliphatic heterocycles. The van der Waals surface area contributed by atoms with Crippen molar-refractivity contribution in [1.82, 2.24) is 5.32 Å². The highest BCUT2D eigenvalue weighted by molar-refractivity contribution is 5.67. The van der Waals surface area contributed by atoms with Gasteiger partial charge in [0, 0.05) is 7.97 Å². The Labute approximate surface area is 95.1 Å². The van der Waals surface area contributed by atoms with E-state index in [0.29, 0.717) is 12.0 Å². The van der Waals surface area contributed by atoms with Crippen molar-refractivity contribution >= 4 is 6.09 Å². The van der Waals surface area contributed by atoms with Crippen molar-refractivity contribution in [2.75, 3.05) is 6.54 Å². The SMILES string of the molecule is CC(C)(C)CCCNC(=O)OC(C)(C)C.[HH]. The minimum Gasteiger partial charge on any atom is -0.444 e. The Balaban J connectivity index is 0. The molecule has 0 atom stereocenters. The van der Waals surface area contributed by atoms with Crippen molar-refractivity contribution in [3.05, 3.63) is 0 Å². The molecule has 1 amide bonds. The van der Waals surface area contributed by atoms with Gasteiger partial charge in [0.05, 0.1) is 0 Å². The lowest BCUT2D eigenvalue weighted by atomic mass is 9.91. The van der Waals surface area contributed by atoms with E-state index in [4.69, 9.17) is 4.74 Å². The van der Waals surface area contributed by atoms with E-state index in [1.54, 1.807) is 0 Å². The third-order valence-corrected chi connectivity index (χ3v) is 1.77. The highest BCUT2D eigenvalue weighted by Crippen LogP contribution is 2.19. The van der Waals surface area contributed by atoms with Crippen molar-refractivity contribution in [1.29, 1.82) is 0 Å². The minimum absolute atomic E-state index is 0. The highest BCUT2D eigenvalue weighted by atomic mass is 16.6. The summed E-state index contributed by atoms with van der Waals surface area (Å²) in [5.41, 5.74) is -0.0796. The number of ether oxygens (including phenoxy) is 1. The molecular formula is C12H27NO2. The molecule has 0 fully saturated rings. The number of hydrogen-bond donors (Lipinski definition) is 1. The van der Waals surface area contributed by atoms with Crippen molar-refractivity contribution in [3.63, 3.8) is 0 Å². The van der Waals surface area contributed by atoms with Crippen LogP contribution in [-0.4, -0.2) is 18.2 Å². The van der Waals surface area contributed by atoms with Gasteiger partial charge in [-0.25, -0.2) is 4.79 Å². The first-order chi connectivity index (χ1) is 6.60. The summed E-state index contributed by atoms with van der Waals surface area (Å²) in [5.74, 6) is 0. The maximum Gasteiger partial charge on any atom is 0.407 e. The average Bonchev–Trinajstić information content (AvgIpc) is 1.92. The van der Waals surface area contributed by atoms with Crippen LogP contribution in [0.4, 0.5) is 4.79 Å². The summed E-state index contributed by atoms with van der Waals surface area (Å²) < 4.78 is 5.12. The lowest BCUT2D eigenvalue weighted by molar-refractivity contribution is 0.0525. The number of carbonyl (C=O) groups excluding carboxylic acids is 1. The predicted molar refractivity (Wildman–Crippen MR) is 65.0 cm³/mol. The van der Waals surface area contributed by atoms with Crippen LogP contribution in [0, 0.1) is 5.41 Å². The lowest BCUT2D eigenvalue weighted by Crippen LogP contribution is -2.33. The zero-order chi connectivity index (χ0) is 12.1. The van der Waals surface area contributed by atoms with Gasteiger partial charge < -0.3 is 10.1 Å². The number of alkyl carbamates (subject to hydrolysis) is 1. The fourth-order valence-electron chi connectivity index (χ4n) is 1.12. The monoisotopic (exact) mass is 217 g/mol. The fourth-order valence-corrected chi connectivity index (χ4v) is 1.12. The van der Waals surface area contributed by atoms with Gasteiger partial charge >= 0.3 is 6.09 Å². The van der Waals surface area contributed by atoms with Gasteiger partial charge in [-0.3, -0.25) is 0 Å². The van der Waals surface area contributed by atoms with Crippen LogP contribution in [0.1, 0.15) is 55.8 Å². The molecule has 0 aliphatic rings. The number of nitrogens with one attached hydrogen (secondary N) is 1. The third kappa shape index (κ3) is 11.2. The van der Waals surface area contributed by atoms with Crippen LogP contribution in [0.25, 0.3) is 0 Å². The molecule has 0 bridgehead atoms. The van der Waals surface area contributed by atoms with Crippen molar-refractivity contribution < 1.29 is 11.0 Å². The molecule has 0 aromatic heterocycles. The Morgan fingerprint density at radius 1 is 1.20 bits per heavy atom. The molecule has 0 spiro atoms. The van der Waals surface area contributed by atoms with E-state index in [9.17, 15) is 4.79 Å². The van der Waals surface area contributed by atoms with Gasteiger partial charge in [-0.05, 0) is 39.0 Å². The van der Waals surface area contributed by atoms with E-state index < -0.39 is 5.60 Å². The van der Waals surface area contributed by atoms with Crippen LogP contribution in [0.2, 0.25) is 0 Å². The largest absolute Gasteiger partial charge is 0.444 e. The molecular weight excluding hydrogens is 190 g/mol. The summed E-state index contributed by atoms with van der Waals surface area (Å²) in [4.78, 5) is 11.2. The Morgan fingerprint density at radius 3 is 2.13 bits per heavy atom. The van der Waals surface area contributed by atoms with E-state index in [1.165, 1.54) is 0 Å². The Kier molecular flexibility index (Phi) is 5.12. The number of carbonyl (C=O) groups is 1. The molecule has 0 saturated heterocycles. The summed E-state index contributed by atoms with van der Waals surface area (Å²) in [6, 6.07) is 0. The molecule has 0 aromatic carbocycles. The van der Waals surface area contributed by atoms with Gasteiger partial charge in [0.1, 0.15) is 5.60 Å². The van der Waals surface area contributed by atoms with E-state index in [-0.39, 0.29) is 7.52 Å². The second-order valence-electron chi connectivity index (χ2n) is 6.09. The molecule has 3 heteroatoms. The van der Waals surface area contributed by atoms with Crippen LogP contribution in [0.15, 0.2) is 0 Å². The van der Waals surface area contributed by atoms with Crippen molar-refractivity contribution in [2.24, 2.45) is 5.41 Å². The molecule has 3 nitrogen and oxygen atoms in total. The molecule has 0 unspecified atom stereocenters. The highest BCUT2D eigenvalue weighted by Gasteiger charge is 2.15. The summed E-state index contributed by atoms with van der Waals surface area (Å²) in [6.07, 6.45) is 1.77. The van der Waals surface area contributed by atoms with Crippen LogP contribution >= 0.6 is 0 Å². The molecule has 0 aliphatic carbocycles. The topological polar surface area (TPSA) is 38.3 Å². The standard InChI is InChI=1S/C12H25NO2.H2/c1-11(2,3)8-7-9-13-10(14)15-12(4,5)6;/h7-9H2,1-6H3,(H,13,14);1H. The zero-order valence-electron chi connectivity index (χ0n) is 10.9. The van der Waals surface area contributed by atoms with Gasteiger partial charge in [0.2, 0.25) is 0 Å². The van der Waals surface area contributed by atoms with E-state index >= 15 is 0 Å². The van der Waals surface area contributed by atoms with E-state index in [2.05, 4.69) is 26.1 Å². The predicted octanol–water partition coefficient (Wildman–Crippen LogP) is 3.58. The van der Waals surface area contributed by atoms with Gasteiger partial charge in [-0.15, -0.1) is 0 Å². The smallest absolute Gasteiger partial charge is 0.407 e. The molecule has 15 heavy (non-hydrogen) atoms. The van der Waals surface area contributed by atoms with Gasteiger partial charge in [-0.2, -0.15) is 0 Å². The number of hydrogen-bond acceptors (Lipinski definition) is 2. The fraction of sp³-hybridized carbons (Fsp3) is 0.917. The summed E-state index contributed by atoms with van der Waals surface area (Å²) in [6.45, 7) is 12.9. The van der Waals surface area contributed by atoms with Crippen LogP contribution in [0.5, 0.6) is 0 Å². The molecule has 0 saturated carbocycles. The van der Waals surface area contributed by atoms with Crippen LogP contribution in [0.3, 0.4) is 0 Å². The molecule has 1 N–H and O–H groups in total. The number of rotatable bonds is 3.